The Morgan fingerprint density at radius 1 is 1.35 bits per heavy atom. The maximum Gasteiger partial charge on any atom is 0.379 e. The van der Waals surface area contributed by atoms with Crippen LogP contribution in [0.4, 0.5) is 8.78 Å². The van der Waals surface area contributed by atoms with Crippen LogP contribution in [0, 0.1) is 6.92 Å². The zero-order valence-electron chi connectivity index (χ0n) is 8.95. The molecule has 0 aliphatic heterocycles. The summed E-state index contributed by atoms with van der Waals surface area (Å²) in [4.78, 5) is 14.7. The molecular weight excluding hydrogens is 228 g/mol. The van der Waals surface area contributed by atoms with E-state index >= 15 is 0 Å². The fraction of sp³-hybridized carbons (Fsp3) is 0.167. The maximum atomic E-state index is 13.6. The van der Waals surface area contributed by atoms with E-state index in [2.05, 4.69) is 4.98 Å². The van der Waals surface area contributed by atoms with Crippen molar-refractivity contribution in [2.45, 2.75) is 12.8 Å². The van der Waals surface area contributed by atoms with Gasteiger partial charge in [-0.15, -0.1) is 0 Å². The molecule has 3 nitrogen and oxygen atoms in total. The Kier molecular flexibility index (Phi) is 2.53. The highest BCUT2D eigenvalue weighted by atomic mass is 19.3. The van der Waals surface area contributed by atoms with E-state index in [9.17, 15) is 13.6 Å². The standard InChI is InChI=1S/C12H9F2NO2/c1-7-6-9(12(13,14)11(16)17)8-4-2-3-5-10(8)15-7/h2-6H,1H3,(H,16,17). The highest BCUT2D eigenvalue weighted by Crippen LogP contribution is 2.33. The molecule has 1 aromatic carbocycles. The van der Waals surface area contributed by atoms with Crippen molar-refractivity contribution in [2.24, 2.45) is 0 Å². The number of carboxylic acids is 1. The molecule has 5 heteroatoms. The zero-order chi connectivity index (χ0) is 12.6. The van der Waals surface area contributed by atoms with E-state index in [-0.39, 0.29) is 5.39 Å². The Morgan fingerprint density at radius 2 is 2.00 bits per heavy atom. The molecule has 0 fully saturated rings. The summed E-state index contributed by atoms with van der Waals surface area (Å²) in [5.41, 5.74) is 0.205. The fourth-order valence-electron chi connectivity index (χ4n) is 1.68. The molecule has 0 aliphatic carbocycles. The number of halogens is 2. The van der Waals surface area contributed by atoms with Gasteiger partial charge in [0.15, 0.2) is 0 Å². The van der Waals surface area contributed by atoms with Crippen molar-refractivity contribution in [3.8, 4) is 0 Å². The lowest BCUT2D eigenvalue weighted by molar-refractivity contribution is -0.166. The molecule has 0 amide bonds. The second-order valence-corrected chi connectivity index (χ2v) is 3.71. The van der Waals surface area contributed by atoms with Crippen LogP contribution in [0.2, 0.25) is 0 Å². The highest BCUT2D eigenvalue weighted by Gasteiger charge is 2.42. The summed E-state index contributed by atoms with van der Waals surface area (Å²) in [5.74, 6) is -6.07. The van der Waals surface area contributed by atoms with E-state index in [0.29, 0.717) is 11.2 Å². The van der Waals surface area contributed by atoms with E-state index in [0.717, 1.165) is 6.07 Å². The minimum absolute atomic E-state index is 0.158. The van der Waals surface area contributed by atoms with Crippen molar-refractivity contribution < 1.29 is 18.7 Å². The maximum absolute atomic E-state index is 13.6. The molecule has 0 saturated heterocycles. The number of benzene rings is 1. The molecule has 0 bridgehead atoms. The lowest BCUT2D eigenvalue weighted by Gasteiger charge is -2.14. The zero-order valence-corrected chi connectivity index (χ0v) is 8.95. The van der Waals surface area contributed by atoms with Crippen molar-refractivity contribution >= 4 is 16.9 Å². The highest BCUT2D eigenvalue weighted by molar-refractivity contribution is 5.89. The average Bonchev–Trinajstić information content (AvgIpc) is 2.27. The Balaban J connectivity index is 2.81. The van der Waals surface area contributed by atoms with Crippen LogP contribution >= 0.6 is 0 Å². The van der Waals surface area contributed by atoms with Crippen molar-refractivity contribution in [3.63, 3.8) is 0 Å². The van der Waals surface area contributed by atoms with Gasteiger partial charge in [-0.2, -0.15) is 8.78 Å². The van der Waals surface area contributed by atoms with Gasteiger partial charge in [-0.1, -0.05) is 18.2 Å². The molecule has 0 aliphatic rings. The normalized spacial score (nSPS) is 11.7. The predicted octanol–water partition coefficient (Wildman–Crippen LogP) is 2.72. The molecule has 0 radical (unpaired) electrons. The van der Waals surface area contributed by atoms with Crippen molar-refractivity contribution in [1.82, 2.24) is 4.98 Å². The third kappa shape index (κ3) is 1.84. The topological polar surface area (TPSA) is 50.2 Å². The second kappa shape index (κ2) is 3.76. The van der Waals surface area contributed by atoms with Gasteiger partial charge >= 0.3 is 11.9 Å². The summed E-state index contributed by atoms with van der Waals surface area (Å²) in [6, 6.07) is 7.35. The van der Waals surface area contributed by atoms with E-state index in [4.69, 9.17) is 5.11 Å². The van der Waals surface area contributed by atoms with E-state index in [1.165, 1.54) is 6.07 Å². The minimum Gasteiger partial charge on any atom is -0.477 e. The summed E-state index contributed by atoms with van der Waals surface area (Å²) in [6.45, 7) is 1.55. The third-order valence-corrected chi connectivity index (χ3v) is 2.45. The lowest BCUT2D eigenvalue weighted by Crippen LogP contribution is -2.25. The number of para-hydroxylation sites is 1. The number of aromatic nitrogens is 1. The third-order valence-electron chi connectivity index (χ3n) is 2.45. The summed E-state index contributed by atoms with van der Waals surface area (Å²) in [6.07, 6.45) is 0. The Hall–Kier alpha value is -2.04. The molecule has 1 N–H and O–H groups in total. The number of carbonyl (C=O) groups is 1. The van der Waals surface area contributed by atoms with Crippen LogP contribution in [0.15, 0.2) is 30.3 Å². The first-order chi connectivity index (χ1) is 7.93. The Bertz CT molecular complexity index is 596. The number of aliphatic carboxylic acids is 1. The van der Waals surface area contributed by atoms with Crippen LogP contribution in [-0.2, 0) is 10.7 Å². The smallest absolute Gasteiger partial charge is 0.379 e. The number of carboxylic acid groups (broad SMARTS) is 1. The van der Waals surface area contributed by atoms with Gasteiger partial charge in [-0.05, 0) is 19.1 Å². The average molecular weight is 237 g/mol. The Labute approximate surface area is 95.7 Å². The molecule has 0 saturated carbocycles. The van der Waals surface area contributed by atoms with Crippen LogP contribution in [0.25, 0.3) is 10.9 Å². The van der Waals surface area contributed by atoms with Crippen LogP contribution in [0.1, 0.15) is 11.3 Å². The van der Waals surface area contributed by atoms with E-state index in [1.807, 2.05) is 0 Å². The second-order valence-electron chi connectivity index (χ2n) is 3.71. The minimum atomic E-state index is -3.91. The largest absolute Gasteiger partial charge is 0.477 e. The van der Waals surface area contributed by atoms with Gasteiger partial charge in [0.2, 0.25) is 0 Å². The first-order valence-electron chi connectivity index (χ1n) is 4.91. The molecule has 2 aromatic rings. The number of aryl methyl sites for hydroxylation is 1. The van der Waals surface area contributed by atoms with Gasteiger partial charge < -0.3 is 5.11 Å². The predicted molar refractivity (Wildman–Crippen MR) is 58.0 cm³/mol. The molecule has 0 spiro atoms. The van der Waals surface area contributed by atoms with Crippen LogP contribution in [0.5, 0.6) is 0 Å². The van der Waals surface area contributed by atoms with Crippen LogP contribution < -0.4 is 0 Å². The molecule has 17 heavy (non-hydrogen) atoms. The molecule has 2 rings (SSSR count). The molecule has 1 heterocycles. The van der Waals surface area contributed by atoms with Gasteiger partial charge in [-0.3, -0.25) is 4.98 Å². The van der Waals surface area contributed by atoms with E-state index < -0.39 is 17.5 Å². The summed E-state index contributed by atoms with van der Waals surface area (Å²) in [7, 11) is 0. The SMILES string of the molecule is Cc1cc(C(F)(F)C(=O)O)c2ccccc2n1. The molecule has 0 unspecified atom stereocenters. The number of fused-ring (bicyclic) bond motifs is 1. The number of nitrogens with zero attached hydrogens (tertiary/aromatic N) is 1. The monoisotopic (exact) mass is 237 g/mol. The first-order valence-corrected chi connectivity index (χ1v) is 4.91. The van der Waals surface area contributed by atoms with Crippen LogP contribution in [0.3, 0.4) is 0 Å². The van der Waals surface area contributed by atoms with Crippen molar-refractivity contribution in [2.75, 3.05) is 0 Å². The van der Waals surface area contributed by atoms with Gasteiger partial charge in [-0.25, -0.2) is 4.79 Å². The number of hydrogen-bond acceptors (Lipinski definition) is 2. The van der Waals surface area contributed by atoms with Crippen LogP contribution in [-0.4, -0.2) is 16.1 Å². The van der Waals surface area contributed by atoms with Gasteiger partial charge in [0, 0.05) is 16.6 Å². The quantitative estimate of drug-likeness (QED) is 0.873. The first kappa shape index (κ1) is 11.4. The Morgan fingerprint density at radius 3 is 2.65 bits per heavy atom. The molecular formula is C12H9F2NO2. The molecule has 88 valence electrons. The van der Waals surface area contributed by atoms with Gasteiger partial charge in [0.05, 0.1) is 5.52 Å². The fourth-order valence-corrected chi connectivity index (χ4v) is 1.68. The number of rotatable bonds is 2. The van der Waals surface area contributed by atoms with Crippen molar-refractivity contribution in [3.05, 3.63) is 41.6 Å². The van der Waals surface area contributed by atoms with Gasteiger partial charge in [0.25, 0.3) is 0 Å². The number of pyridine rings is 1. The number of hydrogen-bond donors (Lipinski definition) is 1. The molecule has 0 atom stereocenters. The molecule has 1 aromatic heterocycles. The van der Waals surface area contributed by atoms with Crippen molar-refractivity contribution in [1.29, 1.82) is 0 Å². The van der Waals surface area contributed by atoms with Gasteiger partial charge in [0.1, 0.15) is 0 Å². The summed E-state index contributed by atoms with van der Waals surface area (Å²) < 4.78 is 27.1. The number of alkyl halides is 2. The summed E-state index contributed by atoms with van der Waals surface area (Å²) in [5, 5.41) is 8.73. The van der Waals surface area contributed by atoms with E-state index in [1.54, 1.807) is 25.1 Å². The lowest BCUT2D eigenvalue weighted by atomic mass is 10.0. The summed E-state index contributed by atoms with van der Waals surface area (Å²) >= 11 is 0.